The molecule has 0 spiro atoms. The first-order chi connectivity index (χ1) is 9.99. The third-order valence-electron chi connectivity index (χ3n) is 4.23. The minimum absolute atomic E-state index is 0.248. The first-order valence-electron chi connectivity index (χ1n) is 8.06. The third-order valence-corrected chi connectivity index (χ3v) is 4.23. The Morgan fingerprint density at radius 1 is 1.24 bits per heavy atom. The molecule has 3 heteroatoms. The number of hydrogen-bond donors (Lipinski definition) is 1. The van der Waals surface area contributed by atoms with Crippen molar-refractivity contribution in [3.05, 3.63) is 35.9 Å². The molecule has 1 N–H and O–H groups in total. The molecule has 1 aliphatic heterocycles. The highest BCUT2D eigenvalue weighted by atomic mass is 16.2. The van der Waals surface area contributed by atoms with E-state index in [-0.39, 0.29) is 6.04 Å². The van der Waals surface area contributed by atoms with Crippen molar-refractivity contribution < 1.29 is 4.79 Å². The predicted molar refractivity (Wildman–Crippen MR) is 87.0 cm³/mol. The lowest BCUT2D eigenvalue weighted by molar-refractivity contribution is -0.137. The number of amides is 1. The molecule has 1 amide bonds. The van der Waals surface area contributed by atoms with Crippen molar-refractivity contribution in [2.24, 2.45) is 11.8 Å². The highest BCUT2D eigenvalue weighted by molar-refractivity contribution is 5.77. The van der Waals surface area contributed by atoms with Gasteiger partial charge in [0.2, 0.25) is 5.91 Å². The summed E-state index contributed by atoms with van der Waals surface area (Å²) >= 11 is 0. The van der Waals surface area contributed by atoms with Gasteiger partial charge >= 0.3 is 0 Å². The standard InChI is InChI=1S/C18H28N2O/c1-13(2)10-18(21)20-12-16(15-8-6-5-7-9-15)19-11-17(20)14(3)4/h5-9,13-14,16-17,19H,10-12H2,1-4H3. The summed E-state index contributed by atoms with van der Waals surface area (Å²) in [5, 5.41) is 3.61. The molecule has 1 aliphatic rings. The number of benzene rings is 1. The normalized spacial score (nSPS) is 22.9. The molecule has 3 nitrogen and oxygen atoms in total. The van der Waals surface area contributed by atoms with E-state index in [0.29, 0.717) is 30.2 Å². The largest absolute Gasteiger partial charge is 0.336 e. The van der Waals surface area contributed by atoms with Gasteiger partial charge in [0, 0.05) is 31.6 Å². The molecule has 1 aromatic rings. The van der Waals surface area contributed by atoms with Gasteiger partial charge in [-0.3, -0.25) is 4.79 Å². The molecule has 0 radical (unpaired) electrons. The molecule has 0 aromatic heterocycles. The molecule has 1 fully saturated rings. The maximum atomic E-state index is 12.6. The summed E-state index contributed by atoms with van der Waals surface area (Å²) in [5.41, 5.74) is 1.27. The lowest BCUT2D eigenvalue weighted by Gasteiger charge is -2.43. The summed E-state index contributed by atoms with van der Waals surface area (Å²) in [5.74, 6) is 1.19. The van der Waals surface area contributed by atoms with E-state index in [0.717, 1.165) is 13.1 Å². The molecule has 1 aromatic carbocycles. The second kappa shape index (κ2) is 7.08. The molecule has 2 rings (SSSR count). The van der Waals surface area contributed by atoms with Crippen LogP contribution in [0.3, 0.4) is 0 Å². The van der Waals surface area contributed by atoms with Crippen LogP contribution >= 0.6 is 0 Å². The van der Waals surface area contributed by atoms with E-state index < -0.39 is 0 Å². The third kappa shape index (κ3) is 4.07. The number of carbonyl (C=O) groups excluding carboxylic acids is 1. The Morgan fingerprint density at radius 2 is 1.90 bits per heavy atom. The topological polar surface area (TPSA) is 32.3 Å². The SMILES string of the molecule is CC(C)CC(=O)N1CC(c2ccccc2)NCC1C(C)C. The number of nitrogens with one attached hydrogen (secondary N) is 1. The summed E-state index contributed by atoms with van der Waals surface area (Å²) in [7, 11) is 0. The fourth-order valence-corrected chi connectivity index (χ4v) is 3.03. The van der Waals surface area contributed by atoms with Gasteiger partial charge in [0.25, 0.3) is 0 Å². The van der Waals surface area contributed by atoms with Crippen LogP contribution in [-0.2, 0) is 4.79 Å². The average Bonchev–Trinajstić information content (AvgIpc) is 2.46. The zero-order chi connectivity index (χ0) is 15.4. The fourth-order valence-electron chi connectivity index (χ4n) is 3.03. The smallest absolute Gasteiger partial charge is 0.223 e. The molecule has 1 saturated heterocycles. The quantitative estimate of drug-likeness (QED) is 0.922. The number of hydrogen-bond acceptors (Lipinski definition) is 2. The van der Waals surface area contributed by atoms with E-state index in [4.69, 9.17) is 0 Å². The Kier molecular flexibility index (Phi) is 5.40. The van der Waals surface area contributed by atoms with Gasteiger partial charge < -0.3 is 10.2 Å². The molecule has 0 aliphatic carbocycles. The Balaban J connectivity index is 2.14. The van der Waals surface area contributed by atoms with Crippen molar-refractivity contribution in [1.29, 1.82) is 0 Å². The van der Waals surface area contributed by atoms with Crippen LogP contribution < -0.4 is 5.32 Å². The summed E-state index contributed by atoms with van der Waals surface area (Å²) < 4.78 is 0. The zero-order valence-corrected chi connectivity index (χ0v) is 13.7. The highest BCUT2D eigenvalue weighted by Crippen LogP contribution is 2.24. The number of nitrogens with zero attached hydrogens (tertiary/aromatic N) is 1. The van der Waals surface area contributed by atoms with Crippen molar-refractivity contribution in [2.45, 2.75) is 46.2 Å². The van der Waals surface area contributed by atoms with Gasteiger partial charge in [-0.25, -0.2) is 0 Å². The monoisotopic (exact) mass is 288 g/mol. The maximum absolute atomic E-state index is 12.6. The molecule has 0 saturated carbocycles. The Morgan fingerprint density at radius 3 is 2.48 bits per heavy atom. The van der Waals surface area contributed by atoms with Crippen LogP contribution in [0.4, 0.5) is 0 Å². The minimum atomic E-state index is 0.248. The molecule has 116 valence electrons. The first kappa shape index (κ1) is 16.0. The molecular weight excluding hydrogens is 260 g/mol. The number of rotatable bonds is 4. The second-order valence-electron chi connectivity index (χ2n) is 6.83. The molecular formula is C18H28N2O. The lowest BCUT2D eigenvalue weighted by Crippen LogP contribution is -2.57. The van der Waals surface area contributed by atoms with Gasteiger partial charge in [0.05, 0.1) is 0 Å². The van der Waals surface area contributed by atoms with Gasteiger partial charge in [0.15, 0.2) is 0 Å². The Bertz CT molecular complexity index is 456. The van der Waals surface area contributed by atoms with Crippen LogP contribution in [0, 0.1) is 11.8 Å². The van der Waals surface area contributed by atoms with E-state index in [1.807, 2.05) is 6.07 Å². The van der Waals surface area contributed by atoms with E-state index in [1.54, 1.807) is 0 Å². The average molecular weight is 288 g/mol. The van der Waals surface area contributed by atoms with Gasteiger partial charge in [-0.05, 0) is 17.4 Å². The molecule has 0 bridgehead atoms. The summed E-state index contributed by atoms with van der Waals surface area (Å²) in [6.45, 7) is 10.3. The zero-order valence-electron chi connectivity index (χ0n) is 13.7. The van der Waals surface area contributed by atoms with Crippen LogP contribution in [0.5, 0.6) is 0 Å². The van der Waals surface area contributed by atoms with Crippen molar-refractivity contribution in [3.63, 3.8) is 0 Å². The number of piperazine rings is 1. The second-order valence-corrected chi connectivity index (χ2v) is 6.83. The van der Waals surface area contributed by atoms with Crippen LogP contribution in [0.1, 0.15) is 45.7 Å². The van der Waals surface area contributed by atoms with E-state index in [9.17, 15) is 4.79 Å². The number of carbonyl (C=O) groups is 1. The first-order valence-corrected chi connectivity index (χ1v) is 8.06. The van der Waals surface area contributed by atoms with Crippen molar-refractivity contribution in [3.8, 4) is 0 Å². The van der Waals surface area contributed by atoms with Crippen molar-refractivity contribution in [1.82, 2.24) is 10.2 Å². The Hall–Kier alpha value is -1.35. The van der Waals surface area contributed by atoms with Crippen LogP contribution in [0.2, 0.25) is 0 Å². The van der Waals surface area contributed by atoms with Crippen molar-refractivity contribution >= 4 is 5.91 Å². The van der Waals surface area contributed by atoms with E-state index in [1.165, 1.54) is 5.56 Å². The van der Waals surface area contributed by atoms with Crippen LogP contribution in [0.15, 0.2) is 30.3 Å². The molecule has 2 atom stereocenters. The fraction of sp³-hybridized carbons (Fsp3) is 0.611. The van der Waals surface area contributed by atoms with Crippen LogP contribution in [0.25, 0.3) is 0 Å². The minimum Gasteiger partial charge on any atom is -0.336 e. The lowest BCUT2D eigenvalue weighted by atomic mass is 9.94. The molecule has 21 heavy (non-hydrogen) atoms. The molecule has 2 unspecified atom stereocenters. The summed E-state index contributed by atoms with van der Waals surface area (Å²) in [6, 6.07) is 11.0. The molecule has 1 heterocycles. The van der Waals surface area contributed by atoms with E-state index in [2.05, 4.69) is 62.2 Å². The van der Waals surface area contributed by atoms with Crippen LogP contribution in [-0.4, -0.2) is 29.9 Å². The summed E-state index contributed by atoms with van der Waals surface area (Å²) in [4.78, 5) is 14.7. The maximum Gasteiger partial charge on any atom is 0.223 e. The summed E-state index contributed by atoms with van der Waals surface area (Å²) in [6.07, 6.45) is 0.644. The highest BCUT2D eigenvalue weighted by Gasteiger charge is 2.33. The van der Waals surface area contributed by atoms with Gasteiger partial charge in [-0.1, -0.05) is 58.0 Å². The van der Waals surface area contributed by atoms with Gasteiger partial charge in [0.1, 0.15) is 0 Å². The van der Waals surface area contributed by atoms with E-state index >= 15 is 0 Å². The predicted octanol–water partition coefficient (Wildman–Crippen LogP) is 3.23. The van der Waals surface area contributed by atoms with Gasteiger partial charge in [-0.15, -0.1) is 0 Å². The van der Waals surface area contributed by atoms with Crippen molar-refractivity contribution in [2.75, 3.05) is 13.1 Å². The Labute approximate surface area is 128 Å². The van der Waals surface area contributed by atoms with Gasteiger partial charge in [-0.2, -0.15) is 0 Å².